The molecule has 29 heavy (non-hydrogen) atoms. The molecule has 0 atom stereocenters. The van der Waals surface area contributed by atoms with E-state index in [1.165, 1.54) is 0 Å². The van der Waals surface area contributed by atoms with Gasteiger partial charge in [-0.25, -0.2) is 0 Å². The number of hydrogen-bond acceptors (Lipinski definition) is 3. The molecule has 0 saturated heterocycles. The van der Waals surface area contributed by atoms with Gasteiger partial charge >= 0.3 is 0 Å². The van der Waals surface area contributed by atoms with Gasteiger partial charge in [-0.2, -0.15) is 0 Å². The van der Waals surface area contributed by atoms with E-state index in [1.54, 1.807) is 48.5 Å². The highest BCUT2D eigenvalue weighted by Crippen LogP contribution is 2.26. The zero-order valence-electron chi connectivity index (χ0n) is 16.7. The van der Waals surface area contributed by atoms with Crippen LogP contribution < -0.4 is 15.4 Å². The molecule has 0 aliphatic carbocycles. The lowest BCUT2D eigenvalue weighted by Crippen LogP contribution is -2.40. The minimum atomic E-state index is -0.385. The van der Waals surface area contributed by atoms with Crippen LogP contribution in [0, 0.1) is 0 Å². The van der Waals surface area contributed by atoms with Crippen molar-refractivity contribution in [3.05, 3.63) is 90.0 Å². The third-order valence-electron chi connectivity index (χ3n) is 4.01. The first-order chi connectivity index (χ1) is 13.8. The van der Waals surface area contributed by atoms with Crippen LogP contribution in [-0.4, -0.2) is 17.4 Å². The maximum atomic E-state index is 13.0. The fourth-order valence-electron chi connectivity index (χ4n) is 2.75. The van der Waals surface area contributed by atoms with Gasteiger partial charge in [0, 0.05) is 5.54 Å². The Hall–Kier alpha value is -3.60. The molecule has 0 aliphatic heterocycles. The highest BCUT2D eigenvalue weighted by Gasteiger charge is 2.20. The van der Waals surface area contributed by atoms with Crippen molar-refractivity contribution in [2.24, 2.45) is 0 Å². The molecule has 0 spiro atoms. The van der Waals surface area contributed by atoms with Gasteiger partial charge in [-0.1, -0.05) is 42.5 Å². The normalized spacial score (nSPS) is 10.9. The van der Waals surface area contributed by atoms with E-state index in [0.29, 0.717) is 28.3 Å². The Morgan fingerprint density at radius 1 is 0.724 bits per heavy atom. The van der Waals surface area contributed by atoms with Crippen LogP contribution in [0.3, 0.4) is 0 Å². The molecule has 0 aromatic heterocycles. The van der Waals surface area contributed by atoms with E-state index < -0.39 is 0 Å². The Bertz CT molecular complexity index is 1010. The van der Waals surface area contributed by atoms with Gasteiger partial charge in [0.25, 0.3) is 11.8 Å². The third kappa shape index (κ3) is 5.45. The van der Waals surface area contributed by atoms with E-state index >= 15 is 0 Å². The van der Waals surface area contributed by atoms with Crippen molar-refractivity contribution in [3.63, 3.8) is 0 Å². The van der Waals surface area contributed by atoms with E-state index in [-0.39, 0.29) is 17.4 Å². The predicted octanol–water partition coefficient (Wildman–Crippen LogP) is 5.26. The lowest BCUT2D eigenvalue weighted by molar-refractivity contribution is 0.0920. The molecule has 2 N–H and O–H groups in total. The van der Waals surface area contributed by atoms with Gasteiger partial charge in [0.2, 0.25) is 0 Å². The van der Waals surface area contributed by atoms with Gasteiger partial charge in [-0.15, -0.1) is 0 Å². The summed E-state index contributed by atoms with van der Waals surface area (Å²) in [5.41, 5.74) is 0.831. The molecule has 3 aromatic carbocycles. The van der Waals surface area contributed by atoms with Gasteiger partial charge in [0.1, 0.15) is 11.5 Å². The van der Waals surface area contributed by atoms with Crippen LogP contribution in [0.2, 0.25) is 0 Å². The summed E-state index contributed by atoms with van der Waals surface area (Å²) in [5, 5.41) is 5.76. The number of hydrogen-bond donors (Lipinski definition) is 2. The van der Waals surface area contributed by atoms with E-state index in [9.17, 15) is 9.59 Å². The number of carbonyl (C=O) groups excluding carboxylic acids is 2. The fourth-order valence-corrected chi connectivity index (χ4v) is 2.75. The number of para-hydroxylation sites is 3. The van der Waals surface area contributed by atoms with Crippen molar-refractivity contribution >= 4 is 17.5 Å². The molecule has 2 amide bonds. The van der Waals surface area contributed by atoms with Crippen molar-refractivity contribution in [3.8, 4) is 11.5 Å². The Morgan fingerprint density at radius 3 is 2.00 bits per heavy atom. The molecule has 5 nitrogen and oxygen atoms in total. The predicted molar refractivity (Wildman–Crippen MR) is 115 cm³/mol. The highest BCUT2D eigenvalue weighted by atomic mass is 16.5. The molecule has 0 aliphatic rings. The monoisotopic (exact) mass is 388 g/mol. The minimum Gasteiger partial charge on any atom is -0.457 e. The second kappa shape index (κ2) is 8.61. The van der Waals surface area contributed by atoms with E-state index in [0.717, 1.165) is 0 Å². The maximum Gasteiger partial charge on any atom is 0.259 e. The molecule has 0 heterocycles. The molecule has 0 fully saturated rings. The molecule has 0 saturated carbocycles. The van der Waals surface area contributed by atoms with Crippen LogP contribution in [-0.2, 0) is 0 Å². The van der Waals surface area contributed by atoms with Gasteiger partial charge in [-0.3, -0.25) is 9.59 Å². The van der Waals surface area contributed by atoms with Crippen molar-refractivity contribution < 1.29 is 14.3 Å². The summed E-state index contributed by atoms with van der Waals surface area (Å²) in [5.74, 6) is 0.472. The Labute approximate surface area is 170 Å². The zero-order chi connectivity index (χ0) is 20.9. The number of anilines is 1. The van der Waals surface area contributed by atoms with Crippen molar-refractivity contribution in [1.29, 1.82) is 0 Å². The number of benzene rings is 3. The molecular formula is C24H24N2O3. The second-order valence-electron chi connectivity index (χ2n) is 7.62. The van der Waals surface area contributed by atoms with Crippen LogP contribution in [0.5, 0.6) is 11.5 Å². The molecule has 3 rings (SSSR count). The molecule has 0 unspecified atom stereocenters. The number of rotatable bonds is 5. The van der Waals surface area contributed by atoms with Gasteiger partial charge in [-0.05, 0) is 57.2 Å². The molecule has 5 heteroatoms. The van der Waals surface area contributed by atoms with Gasteiger partial charge in [0.15, 0.2) is 0 Å². The summed E-state index contributed by atoms with van der Waals surface area (Å²) < 4.78 is 5.87. The summed E-state index contributed by atoms with van der Waals surface area (Å²) >= 11 is 0. The molecule has 0 bridgehead atoms. The first kappa shape index (κ1) is 20.1. The standard InChI is InChI=1S/C24H24N2O3/c1-24(2,3)26-23(28)18-13-7-9-15-20(18)25-22(27)19-14-8-10-16-21(19)29-17-11-5-4-6-12-17/h4-16H,1-3H3,(H,25,27)(H,26,28). The smallest absolute Gasteiger partial charge is 0.259 e. The number of amides is 2. The number of nitrogens with one attached hydrogen (secondary N) is 2. The Kier molecular flexibility index (Phi) is 5.98. The summed E-state index contributed by atoms with van der Waals surface area (Å²) in [6.07, 6.45) is 0. The molecular weight excluding hydrogens is 364 g/mol. The number of ether oxygens (including phenoxy) is 1. The molecule has 148 valence electrons. The summed E-state index contributed by atoms with van der Waals surface area (Å²) in [6, 6.07) is 23.2. The molecule has 3 aromatic rings. The lowest BCUT2D eigenvalue weighted by atomic mass is 10.1. The fraction of sp³-hybridized carbons (Fsp3) is 0.167. The molecule has 0 radical (unpaired) electrons. The zero-order valence-corrected chi connectivity index (χ0v) is 16.7. The summed E-state index contributed by atoms with van der Waals surface area (Å²) in [7, 11) is 0. The lowest BCUT2D eigenvalue weighted by Gasteiger charge is -2.21. The summed E-state index contributed by atoms with van der Waals surface area (Å²) in [4.78, 5) is 25.6. The van der Waals surface area contributed by atoms with Gasteiger partial charge < -0.3 is 15.4 Å². The van der Waals surface area contributed by atoms with Crippen LogP contribution in [0.1, 0.15) is 41.5 Å². The van der Waals surface area contributed by atoms with Crippen LogP contribution in [0.4, 0.5) is 5.69 Å². The van der Waals surface area contributed by atoms with Crippen molar-refractivity contribution in [1.82, 2.24) is 5.32 Å². The topological polar surface area (TPSA) is 67.4 Å². The quantitative estimate of drug-likeness (QED) is 0.626. The SMILES string of the molecule is CC(C)(C)NC(=O)c1ccccc1NC(=O)c1ccccc1Oc1ccccc1. The average molecular weight is 388 g/mol. The number of carbonyl (C=O) groups is 2. The minimum absolute atomic E-state index is 0.248. The van der Waals surface area contributed by atoms with Crippen molar-refractivity contribution in [2.75, 3.05) is 5.32 Å². The summed E-state index contributed by atoms with van der Waals surface area (Å²) in [6.45, 7) is 5.72. The van der Waals surface area contributed by atoms with E-state index in [4.69, 9.17) is 4.74 Å². The van der Waals surface area contributed by atoms with Crippen LogP contribution in [0.25, 0.3) is 0 Å². The van der Waals surface area contributed by atoms with E-state index in [2.05, 4.69) is 10.6 Å². The Balaban J connectivity index is 1.84. The van der Waals surface area contributed by atoms with Crippen LogP contribution >= 0.6 is 0 Å². The average Bonchev–Trinajstić information content (AvgIpc) is 2.68. The van der Waals surface area contributed by atoms with Crippen molar-refractivity contribution in [2.45, 2.75) is 26.3 Å². The van der Waals surface area contributed by atoms with Gasteiger partial charge in [0.05, 0.1) is 16.8 Å². The first-order valence-corrected chi connectivity index (χ1v) is 9.38. The largest absolute Gasteiger partial charge is 0.457 e. The Morgan fingerprint density at radius 2 is 1.31 bits per heavy atom. The maximum absolute atomic E-state index is 13.0. The second-order valence-corrected chi connectivity index (χ2v) is 7.62. The first-order valence-electron chi connectivity index (χ1n) is 9.38. The van der Waals surface area contributed by atoms with E-state index in [1.807, 2.05) is 51.1 Å². The van der Waals surface area contributed by atoms with Crippen LogP contribution in [0.15, 0.2) is 78.9 Å². The highest BCUT2D eigenvalue weighted by molar-refractivity contribution is 6.10. The third-order valence-corrected chi connectivity index (χ3v) is 4.01.